The van der Waals surface area contributed by atoms with Crippen molar-refractivity contribution in [1.29, 1.82) is 0 Å². The van der Waals surface area contributed by atoms with Crippen LogP contribution in [0.2, 0.25) is 0 Å². The number of fused-ring (bicyclic) bond motifs is 1. The van der Waals surface area contributed by atoms with Crippen LogP contribution in [-0.2, 0) is 20.7 Å². The van der Waals surface area contributed by atoms with E-state index in [0.29, 0.717) is 19.5 Å². The minimum atomic E-state index is -0.699. The van der Waals surface area contributed by atoms with Crippen LogP contribution < -0.4 is 15.0 Å². The molecule has 1 spiro atoms. The van der Waals surface area contributed by atoms with Crippen LogP contribution in [-0.4, -0.2) is 43.7 Å². The number of para-hydroxylation sites is 1. The highest BCUT2D eigenvalue weighted by molar-refractivity contribution is 6.03. The third-order valence-corrected chi connectivity index (χ3v) is 6.34. The van der Waals surface area contributed by atoms with Gasteiger partial charge in [-0.2, -0.15) is 0 Å². The number of nitrogens with zero attached hydrogens (tertiary/aromatic N) is 1. The van der Waals surface area contributed by atoms with Gasteiger partial charge in [-0.15, -0.1) is 0 Å². The molecule has 0 aromatic heterocycles. The van der Waals surface area contributed by atoms with Gasteiger partial charge in [0.1, 0.15) is 11.4 Å². The molecule has 6 heteroatoms. The molecule has 0 aliphatic carbocycles. The normalized spacial score (nSPS) is 28.6. The van der Waals surface area contributed by atoms with Crippen molar-refractivity contribution < 1.29 is 19.1 Å². The molecule has 2 bridgehead atoms. The highest BCUT2D eigenvalue weighted by Gasteiger charge is 2.66. The number of carbonyl (C=O) groups excluding carboxylic acids is 2. The van der Waals surface area contributed by atoms with Crippen LogP contribution in [0.3, 0.4) is 0 Å². The largest absolute Gasteiger partial charge is 0.497 e. The van der Waals surface area contributed by atoms with Gasteiger partial charge in [0.05, 0.1) is 31.6 Å². The smallest absolute Gasteiger partial charge is 0.234 e. The molecule has 5 rings (SSSR count). The second-order valence-electron chi connectivity index (χ2n) is 8.05. The zero-order valence-electron chi connectivity index (χ0n) is 16.8. The van der Waals surface area contributed by atoms with Crippen LogP contribution in [0.25, 0.3) is 0 Å². The molecule has 2 fully saturated rings. The van der Waals surface area contributed by atoms with Crippen molar-refractivity contribution >= 4 is 17.5 Å². The predicted octanol–water partition coefficient (Wildman–Crippen LogP) is 2.34. The summed E-state index contributed by atoms with van der Waals surface area (Å²) in [5.74, 6) is -0.321. The van der Waals surface area contributed by atoms with Crippen LogP contribution in [0.15, 0.2) is 66.7 Å². The third kappa shape index (κ3) is 2.99. The van der Waals surface area contributed by atoms with E-state index in [0.717, 1.165) is 17.0 Å². The maximum Gasteiger partial charge on any atom is 0.234 e. The molecular formula is C24H24N2O4. The van der Waals surface area contributed by atoms with Crippen LogP contribution in [0.1, 0.15) is 5.56 Å². The molecule has 3 heterocycles. The Bertz CT molecular complexity index is 988. The van der Waals surface area contributed by atoms with Crippen molar-refractivity contribution in [2.75, 3.05) is 25.1 Å². The summed E-state index contributed by atoms with van der Waals surface area (Å²) >= 11 is 0. The number of benzene rings is 2. The van der Waals surface area contributed by atoms with Gasteiger partial charge >= 0.3 is 0 Å². The fraction of sp³-hybridized carbons (Fsp3) is 0.333. The Morgan fingerprint density at radius 3 is 2.70 bits per heavy atom. The Hall–Kier alpha value is -3.12. The number of carbonyl (C=O) groups is 2. The van der Waals surface area contributed by atoms with Crippen LogP contribution in [0, 0.1) is 11.8 Å². The number of methoxy groups -OCH3 is 1. The topological polar surface area (TPSA) is 67.9 Å². The summed E-state index contributed by atoms with van der Waals surface area (Å²) in [4.78, 5) is 28.0. The van der Waals surface area contributed by atoms with Gasteiger partial charge < -0.3 is 19.7 Å². The maximum atomic E-state index is 13.3. The zero-order chi connectivity index (χ0) is 20.7. The van der Waals surface area contributed by atoms with Crippen LogP contribution in [0.5, 0.6) is 5.75 Å². The van der Waals surface area contributed by atoms with E-state index in [1.807, 2.05) is 66.7 Å². The summed E-state index contributed by atoms with van der Waals surface area (Å²) in [7, 11) is 1.64. The quantitative estimate of drug-likeness (QED) is 0.751. The Balaban J connectivity index is 1.27. The molecule has 2 aromatic carbocycles. The molecule has 3 aliphatic rings. The fourth-order valence-corrected chi connectivity index (χ4v) is 4.86. The number of hydrogen-bond donors (Lipinski definition) is 1. The standard InChI is InChI=1S/C24H24N2O4/c1-29-18-9-7-16(8-10-18)12-14-25-22(27)20-19-11-13-24(30-19)15-26(23(28)21(20)24)17-5-3-2-4-6-17/h2-11,13,19-21H,12,14-15H2,1H3,(H,25,27)/t19-,20-,21+,24-/m0/s1. The summed E-state index contributed by atoms with van der Waals surface area (Å²) in [6, 6.07) is 17.4. The summed E-state index contributed by atoms with van der Waals surface area (Å²) in [6.07, 6.45) is 4.29. The van der Waals surface area contributed by atoms with Gasteiger partial charge in [0, 0.05) is 12.2 Å². The van der Waals surface area contributed by atoms with Crippen molar-refractivity contribution in [1.82, 2.24) is 5.32 Å². The van der Waals surface area contributed by atoms with E-state index in [1.165, 1.54) is 0 Å². The lowest BCUT2D eigenvalue weighted by Gasteiger charge is -2.23. The molecule has 0 unspecified atom stereocenters. The Morgan fingerprint density at radius 2 is 1.97 bits per heavy atom. The highest BCUT2D eigenvalue weighted by atomic mass is 16.5. The van der Waals surface area contributed by atoms with Crippen LogP contribution in [0.4, 0.5) is 5.69 Å². The number of ether oxygens (including phenoxy) is 2. The lowest BCUT2D eigenvalue weighted by atomic mass is 9.77. The summed E-state index contributed by atoms with van der Waals surface area (Å²) in [6.45, 7) is 0.956. The SMILES string of the molecule is COc1ccc(CCNC(=O)[C@H]2[C@@H]3C=C[C@@]4(CN(c5ccccc5)C(=O)[C@@H]24)O3)cc1. The minimum absolute atomic E-state index is 0.0386. The number of amides is 2. The highest BCUT2D eigenvalue weighted by Crippen LogP contribution is 2.52. The van der Waals surface area contributed by atoms with Gasteiger partial charge in [-0.3, -0.25) is 9.59 Å². The molecule has 6 nitrogen and oxygen atoms in total. The molecule has 154 valence electrons. The van der Waals surface area contributed by atoms with Gasteiger partial charge in [-0.25, -0.2) is 0 Å². The zero-order valence-corrected chi connectivity index (χ0v) is 16.8. The average Bonchev–Trinajstić information content (AvgIpc) is 3.43. The first kappa shape index (κ1) is 18.9. The van der Waals surface area contributed by atoms with Crippen molar-refractivity contribution in [3.05, 3.63) is 72.3 Å². The van der Waals surface area contributed by atoms with Gasteiger partial charge in [0.25, 0.3) is 0 Å². The van der Waals surface area contributed by atoms with Gasteiger partial charge in [0.2, 0.25) is 11.8 Å². The van der Waals surface area contributed by atoms with E-state index in [2.05, 4.69) is 5.32 Å². The molecule has 30 heavy (non-hydrogen) atoms. The van der Waals surface area contributed by atoms with Gasteiger partial charge in [0.15, 0.2) is 0 Å². The van der Waals surface area contributed by atoms with Crippen molar-refractivity contribution in [2.45, 2.75) is 18.1 Å². The number of rotatable bonds is 6. The lowest BCUT2D eigenvalue weighted by molar-refractivity contribution is -0.131. The van der Waals surface area contributed by atoms with Crippen molar-refractivity contribution in [3.63, 3.8) is 0 Å². The molecular weight excluding hydrogens is 380 g/mol. The minimum Gasteiger partial charge on any atom is -0.497 e. The second-order valence-corrected chi connectivity index (χ2v) is 8.05. The van der Waals surface area contributed by atoms with E-state index in [9.17, 15) is 9.59 Å². The third-order valence-electron chi connectivity index (χ3n) is 6.34. The Kier molecular flexibility index (Phi) is 4.59. The summed E-state index contributed by atoms with van der Waals surface area (Å²) in [5, 5.41) is 3.02. The molecule has 2 saturated heterocycles. The van der Waals surface area contributed by atoms with Gasteiger partial charge in [-0.1, -0.05) is 42.5 Å². The number of hydrogen-bond acceptors (Lipinski definition) is 4. The van der Waals surface area contributed by atoms with Gasteiger partial charge in [-0.05, 0) is 36.2 Å². The van der Waals surface area contributed by atoms with E-state index >= 15 is 0 Å². The molecule has 4 atom stereocenters. The van der Waals surface area contributed by atoms with E-state index in [1.54, 1.807) is 12.0 Å². The predicted molar refractivity (Wildman–Crippen MR) is 112 cm³/mol. The summed E-state index contributed by atoms with van der Waals surface area (Å²) < 4.78 is 11.4. The van der Waals surface area contributed by atoms with E-state index in [-0.39, 0.29) is 17.9 Å². The molecule has 2 aromatic rings. The van der Waals surface area contributed by atoms with E-state index in [4.69, 9.17) is 9.47 Å². The molecule has 0 radical (unpaired) electrons. The van der Waals surface area contributed by atoms with E-state index < -0.39 is 17.4 Å². The summed E-state index contributed by atoms with van der Waals surface area (Å²) in [5.41, 5.74) is 1.25. The molecule has 3 aliphatic heterocycles. The molecule has 1 N–H and O–H groups in total. The fourth-order valence-electron chi connectivity index (χ4n) is 4.86. The first-order valence-corrected chi connectivity index (χ1v) is 10.3. The molecule has 0 saturated carbocycles. The maximum absolute atomic E-state index is 13.3. The first-order chi connectivity index (χ1) is 14.6. The number of nitrogens with one attached hydrogen (secondary N) is 1. The molecule has 2 amide bonds. The average molecular weight is 404 g/mol. The monoisotopic (exact) mass is 404 g/mol. The first-order valence-electron chi connectivity index (χ1n) is 10.3. The second kappa shape index (κ2) is 7.29. The lowest BCUT2D eigenvalue weighted by Crippen LogP contribution is -2.44. The van der Waals surface area contributed by atoms with Crippen molar-refractivity contribution in [2.24, 2.45) is 11.8 Å². The Labute approximate surface area is 175 Å². The van der Waals surface area contributed by atoms with Crippen molar-refractivity contribution in [3.8, 4) is 5.75 Å². The van der Waals surface area contributed by atoms with Crippen LogP contribution >= 0.6 is 0 Å². The number of anilines is 1. The Morgan fingerprint density at radius 1 is 1.20 bits per heavy atom.